The summed E-state index contributed by atoms with van der Waals surface area (Å²) in [6.07, 6.45) is 4.32. The van der Waals surface area contributed by atoms with Gasteiger partial charge in [-0.15, -0.1) is 0 Å². The first kappa shape index (κ1) is 13.7. The van der Waals surface area contributed by atoms with Gasteiger partial charge >= 0.3 is 0 Å². The topological polar surface area (TPSA) is 67.3 Å². The molecule has 0 aliphatic heterocycles. The van der Waals surface area contributed by atoms with Crippen LogP contribution in [0.3, 0.4) is 0 Å². The Hall–Kier alpha value is -1.72. The fourth-order valence-corrected chi connectivity index (χ4v) is 2.43. The molecule has 5 heteroatoms. The van der Waals surface area contributed by atoms with Gasteiger partial charge in [0.05, 0.1) is 11.0 Å². The lowest BCUT2D eigenvalue weighted by atomic mass is 10.0. The lowest BCUT2D eigenvalue weighted by molar-refractivity contribution is 0.178. The highest BCUT2D eigenvalue weighted by Crippen LogP contribution is 2.19. The number of aromatic nitrogens is 1. The summed E-state index contributed by atoms with van der Waals surface area (Å²) in [7, 11) is -3.20. The zero-order valence-electron chi connectivity index (χ0n) is 10.5. The van der Waals surface area contributed by atoms with Crippen molar-refractivity contribution in [2.45, 2.75) is 17.4 Å². The van der Waals surface area contributed by atoms with E-state index in [0.717, 1.165) is 11.8 Å². The molecule has 1 aromatic heterocycles. The van der Waals surface area contributed by atoms with Crippen LogP contribution in [0.1, 0.15) is 17.2 Å². The van der Waals surface area contributed by atoms with E-state index in [1.165, 1.54) is 12.1 Å². The molecule has 1 atom stereocenters. The van der Waals surface area contributed by atoms with E-state index in [1.54, 1.807) is 24.5 Å². The number of hydrogen-bond acceptors (Lipinski definition) is 4. The van der Waals surface area contributed by atoms with Crippen molar-refractivity contribution in [3.05, 3.63) is 59.9 Å². The van der Waals surface area contributed by atoms with E-state index in [4.69, 9.17) is 0 Å². The van der Waals surface area contributed by atoms with Crippen LogP contribution in [-0.4, -0.2) is 24.8 Å². The third kappa shape index (κ3) is 3.62. The molecule has 2 aromatic rings. The maximum atomic E-state index is 11.3. The minimum Gasteiger partial charge on any atom is -0.388 e. The maximum Gasteiger partial charge on any atom is 0.175 e. The van der Waals surface area contributed by atoms with Gasteiger partial charge in [-0.2, -0.15) is 0 Å². The third-order valence-corrected chi connectivity index (χ3v) is 3.97. The van der Waals surface area contributed by atoms with Crippen LogP contribution < -0.4 is 0 Å². The van der Waals surface area contributed by atoms with Gasteiger partial charge in [-0.1, -0.05) is 18.2 Å². The molecule has 0 spiro atoms. The summed E-state index contributed by atoms with van der Waals surface area (Å²) >= 11 is 0. The van der Waals surface area contributed by atoms with E-state index in [9.17, 15) is 13.5 Å². The molecule has 100 valence electrons. The highest BCUT2D eigenvalue weighted by atomic mass is 32.2. The smallest absolute Gasteiger partial charge is 0.175 e. The molecular weight excluding hydrogens is 262 g/mol. The van der Waals surface area contributed by atoms with Crippen LogP contribution in [0.4, 0.5) is 0 Å². The van der Waals surface area contributed by atoms with Crippen LogP contribution in [0.15, 0.2) is 53.7 Å². The first-order valence-electron chi connectivity index (χ1n) is 5.84. The molecule has 1 aromatic carbocycles. The normalized spacial score (nSPS) is 13.2. The summed E-state index contributed by atoms with van der Waals surface area (Å²) in [5.41, 5.74) is 1.62. The average Bonchev–Trinajstić information content (AvgIpc) is 2.39. The number of aliphatic hydroxyl groups excluding tert-OH is 1. The fraction of sp³-hybridized carbons (Fsp3) is 0.214. The second-order valence-corrected chi connectivity index (χ2v) is 6.44. The van der Waals surface area contributed by atoms with Gasteiger partial charge in [0.1, 0.15) is 0 Å². The van der Waals surface area contributed by atoms with E-state index in [-0.39, 0.29) is 4.90 Å². The van der Waals surface area contributed by atoms with Crippen molar-refractivity contribution < 1.29 is 13.5 Å². The molecule has 0 aliphatic rings. The van der Waals surface area contributed by atoms with Crippen molar-refractivity contribution in [2.75, 3.05) is 6.26 Å². The molecule has 1 heterocycles. The molecule has 19 heavy (non-hydrogen) atoms. The summed E-state index contributed by atoms with van der Waals surface area (Å²) in [4.78, 5) is 4.24. The summed E-state index contributed by atoms with van der Waals surface area (Å²) in [5.74, 6) is 0. The molecule has 4 nitrogen and oxygen atoms in total. The number of rotatable bonds is 4. The maximum absolute atomic E-state index is 11.3. The SMILES string of the molecule is CS(=O)(=O)c1ccc(C(O)Cc2cccnc2)cc1. The number of benzene rings is 1. The van der Waals surface area contributed by atoms with Gasteiger partial charge in [0.15, 0.2) is 9.84 Å². The van der Waals surface area contributed by atoms with E-state index in [2.05, 4.69) is 4.98 Å². The second kappa shape index (κ2) is 5.50. The average molecular weight is 277 g/mol. The predicted octanol–water partition coefficient (Wildman–Crippen LogP) is 1.76. The van der Waals surface area contributed by atoms with Crippen LogP contribution in [0.25, 0.3) is 0 Å². The fourth-order valence-electron chi connectivity index (χ4n) is 1.80. The zero-order valence-corrected chi connectivity index (χ0v) is 11.3. The lowest BCUT2D eigenvalue weighted by Crippen LogP contribution is -2.03. The molecule has 0 saturated heterocycles. The Bertz CT molecular complexity index is 636. The van der Waals surface area contributed by atoms with Gasteiger partial charge in [-0.3, -0.25) is 4.98 Å². The summed E-state index contributed by atoms with van der Waals surface area (Å²) in [6.45, 7) is 0. The van der Waals surface area contributed by atoms with Gasteiger partial charge in [-0.25, -0.2) is 8.42 Å². The van der Waals surface area contributed by atoms with E-state index < -0.39 is 15.9 Å². The predicted molar refractivity (Wildman–Crippen MR) is 72.5 cm³/mol. The van der Waals surface area contributed by atoms with Gasteiger partial charge in [-0.05, 0) is 29.3 Å². The lowest BCUT2D eigenvalue weighted by Gasteiger charge is -2.11. The Morgan fingerprint density at radius 3 is 2.42 bits per heavy atom. The van der Waals surface area contributed by atoms with Crippen LogP contribution in [0, 0.1) is 0 Å². The van der Waals surface area contributed by atoms with Crippen molar-refractivity contribution in [1.82, 2.24) is 4.98 Å². The number of hydrogen-bond donors (Lipinski definition) is 1. The molecule has 0 aliphatic carbocycles. The van der Waals surface area contributed by atoms with Crippen LogP contribution in [0.2, 0.25) is 0 Å². The van der Waals surface area contributed by atoms with Gasteiger partial charge in [0.2, 0.25) is 0 Å². The Kier molecular flexibility index (Phi) is 3.97. The molecular formula is C14H15NO3S. The minimum atomic E-state index is -3.20. The van der Waals surface area contributed by atoms with Crippen molar-refractivity contribution in [3.63, 3.8) is 0 Å². The van der Waals surface area contributed by atoms with Crippen molar-refractivity contribution in [1.29, 1.82) is 0 Å². The standard InChI is InChI=1S/C14H15NO3S/c1-19(17,18)13-6-4-12(5-7-13)14(16)9-11-3-2-8-15-10-11/h2-8,10,14,16H,9H2,1H3. The van der Waals surface area contributed by atoms with Gasteiger partial charge in [0, 0.05) is 25.1 Å². The van der Waals surface area contributed by atoms with Gasteiger partial charge in [0.25, 0.3) is 0 Å². The second-order valence-electron chi connectivity index (χ2n) is 4.42. The number of pyridine rings is 1. The number of aliphatic hydroxyl groups is 1. The molecule has 0 amide bonds. The van der Waals surface area contributed by atoms with Crippen molar-refractivity contribution >= 4 is 9.84 Å². The zero-order chi connectivity index (χ0) is 13.9. The van der Waals surface area contributed by atoms with E-state index >= 15 is 0 Å². The Balaban J connectivity index is 2.14. The van der Waals surface area contributed by atoms with Crippen LogP contribution in [0.5, 0.6) is 0 Å². The largest absolute Gasteiger partial charge is 0.388 e. The number of nitrogens with zero attached hydrogens (tertiary/aromatic N) is 1. The quantitative estimate of drug-likeness (QED) is 0.924. The molecule has 1 unspecified atom stereocenters. The molecule has 0 radical (unpaired) electrons. The minimum absolute atomic E-state index is 0.254. The third-order valence-electron chi connectivity index (χ3n) is 2.84. The summed E-state index contributed by atoms with van der Waals surface area (Å²) in [6, 6.07) is 10.00. The van der Waals surface area contributed by atoms with Crippen LogP contribution in [-0.2, 0) is 16.3 Å². The van der Waals surface area contributed by atoms with Crippen LogP contribution >= 0.6 is 0 Å². The van der Waals surface area contributed by atoms with Crippen molar-refractivity contribution in [3.8, 4) is 0 Å². The first-order chi connectivity index (χ1) is 8.97. The Morgan fingerprint density at radius 2 is 1.89 bits per heavy atom. The first-order valence-corrected chi connectivity index (χ1v) is 7.73. The monoisotopic (exact) mass is 277 g/mol. The molecule has 0 saturated carbocycles. The molecule has 1 N–H and O–H groups in total. The highest BCUT2D eigenvalue weighted by molar-refractivity contribution is 7.90. The highest BCUT2D eigenvalue weighted by Gasteiger charge is 2.11. The molecule has 2 rings (SSSR count). The molecule has 0 fully saturated rings. The Morgan fingerprint density at radius 1 is 1.21 bits per heavy atom. The molecule has 0 bridgehead atoms. The van der Waals surface area contributed by atoms with Crippen molar-refractivity contribution in [2.24, 2.45) is 0 Å². The van der Waals surface area contributed by atoms with Gasteiger partial charge < -0.3 is 5.11 Å². The number of sulfone groups is 1. The Labute approximate surface area is 112 Å². The van der Waals surface area contributed by atoms with E-state index in [0.29, 0.717) is 12.0 Å². The summed E-state index contributed by atoms with van der Waals surface area (Å²) in [5, 5.41) is 10.1. The summed E-state index contributed by atoms with van der Waals surface area (Å²) < 4.78 is 22.7. The van der Waals surface area contributed by atoms with E-state index in [1.807, 2.05) is 12.1 Å².